The fourth-order valence-corrected chi connectivity index (χ4v) is 96.3. The Balaban J connectivity index is 1.78. The zero-order chi connectivity index (χ0) is 26.0. The SMILES string of the molecule is C[CH]=[Hf]([Cl])([Cl])([C]1([Si]2(CCC)CCC2)C=Cc2ccccc21)[C]1([Si]2(CCC)CCC2)C=Cc2ccccc21. The van der Waals surface area contributed by atoms with Crippen molar-refractivity contribution in [3.8, 4) is 0 Å². The van der Waals surface area contributed by atoms with Crippen molar-refractivity contribution in [3.05, 3.63) is 82.9 Å². The minimum absolute atomic E-state index is 0.141. The summed E-state index contributed by atoms with van der Waals surface area (Å²) in [4.78, 5) is 0. The van der Waals surface area contributed by atoms with Crippen LogP contribution in [-0.4, -0.2) is 19.9 Å². The summed E-state index contributed by atoms with van der Waals surface area (Å²) in [5, 5.41) is 0. The molecule has 2 aliphatic heterocycles. The van der Waals surface area contributed by atoms with Gasteiger partial charge in [-0.25, -0.2) is 0 Å². The van der Waals surface area contributed by atoms with Gasteiger partial charge in [0, 0.05) is 0 Å². The van der Waals surface area contributed by atoms with Crippen LogP contribution in [0.15, 0.2) is 60.7 Å². The molecule has 6 rings (SSSR count). The van der Waals surface area contributed by atoms with E-state index in [1.165, 1.54) is 84.2 Å². The molecule has 2 aliphatic carbocycles. The number of fused-ring (bicyclic) bond motifs is 2. The van der Waals surface area contributed by atoms with E-state index in [0.29, 0.717) is 0 Å². The van der Waals surface area contributed by atoms with Gasteiger partial charge in [0.25, 0.3) is 0 Å². The van der Waals surface area contributed by atoms with Crippen molar-refractivity contribution in [3.63, 3.8) is 0 Å². The minimum atomic E-state index is -5.21. The molecule has 2 fully saturated rings. The molecule has 0 N–H and O–H groups in total. The van der Waals surface area contributed by atoms with E-state index < -0.39 is 31.8 Å². The summed E-state index contributed by atoms with van der Waals surface area (Å²) in [6, 6.07) is 26.7. The Hall–Kier alpha value is -0.326. The summed E-state index contributed by atoms with van der Waals surface area (Å²) in [7, 11) is 14.1. The molecule has 2 aromatic carbocycles. The van der Waals surface area contributed by atoms with Crippen LogP contribution in [0.3, 0.4) is 0 Å². The molecule has 4 aliphatic rings. The Labute approximate surface area is 234 Å². The van der Waals surface area contributed by atoms with Crippen LogP contribution in [0, 0.1) is 0 Å². The molecule has 0 spiro atoms. The van der Waals surface area contributed by atoms with Gasteiger partial charge in [-0.3, -0.25) is 0 Å². The molecule has 0 saturated carbocycles. The molecule has 2 atom stereocenters. The molecule has 2 heterocycles. The van der Waals surface area contributed by atoms with Crippen molar-refractivity contribution in [2.45, 2.75) is 88.3 Å². The van der Waals surface area contributed by atoms with Gasteiger partial charge in [0.05, 0.1) is 0 Å². The third-order valence-corrected chi connectivity index (χ3v) is 79.5. The molecule has 0 aromatic heterocycles. The van der Waals surface area contributed by atoms with Gasteiger partial charge >= 0.3 is 236 Å². The van der Waals surface area contributed by atoms with Crippen LogP contribution in [0.1, 0.15) is 68.7 Å². The van der Waals surface area contributed by atoms with E-state index >= 15 is 0 Å². The third kappa shape index (κ3) is 3.02. The zero-order valence-corrected chi connectivity index (χ0v) is 29.9. The van der Waals surface area contributed by atoms with E-state index in [1.807, 2.05) is 0 Å². The summed E-state index contributed by atoms with van der Waals surface area (Å²) in [6.07, 6.45) is 15.4. The predicted molar refractivity (Wildman–Crippen MR) is 168 cm³/mol. The van der Waals surface area contributed by atoms with Crippen LogP contribution < -0.4 is 0 Å². The normalized spacial score (nSPS) is 28.8. The van der Waals surface area contributed by atoms with Crippen molar-refractivity contribution in [1.29, 1.82) is 0 Å². The van der Waals surface area contributed by atoms with Crippen LogP contribution in [0.2, 0.25) is 36.3 Å². The third-order valence-electron chi connectivity index (χ3n) is 11.5. The van der Waals surface area contributed by atoms with Crippen molar-refractivity contribution >= 4 is 49.2 Å². The predicted octanol–water partition coefficient (Wildman–Crippen LogP) is 10.3. The maximum atomic E-state index is 8.92. The quantitative estimate of drug-likeness (QED) is 0.237. The van der Waals surface area contributed by atoms with Crippen molar-refractivity contribution < 1.29 is 15.7 Å². The number of hydrogen-bond donors (Lipinski definition) is 0. The Morgan fingerprint density at radius 1 is 0.730 bits per heavy atom. The van der Waals surface area contributed by atoms with E-state index in [1.54, 1.807) is 0 Å². The van der Waals surface area contributed by atoms with Crippen molar-refractivity contribution in [2.24, 2.45) is 0 Å². The molecule has 0 nitrogen and oxygen atoms in total. The summed E-state index contributed by atoms with van der Waals surface area (Å²) in [5.74, 6) is 0. The van der Waals surface area contributed by atoms with Gasteiger partial charge in [-0.1, -0.05) is 0 Å². The van der Waals surface area contributed by atoms with E-state index in [0.717, 1.165) is 0 Å². The molecule has 0 amide bonds. The maximum absolute atomic E-state index is 8.92. The number of benzene rings is 2. The van der Waals surface area contributed by atoms with E-state index in [2.05, 4.69) is 97.4 Å². The summed E-state index contributed by atoms with van der Waals surface area (Å²) in [6.45, 7) is 7.09. The number of rotatable bonds is 8. The molecule has 37 heavy (non-hydrogen) atoms. The van der Waals surface area contributed by atoms with E-state index in [-0.39, 0.29) is 5.59 Å². The Bertz CT molecular complexity index is 1260. The average Bonchev–Trinajstić information content (AvgIpc) is 3.46. The summed E-state index contributed by atoms with van der Waals surface area (Å²) < 4.78 is 2.25. The fourth-order valence-electron chi connectivity index (χ4n) is 9.92. The van der Waals surface area contributed by atoms with Crippen LogP contribution in [0.5, 0.6) is 0 Å². The first-order valence-electron chi connectivity index (χ1n) is 14.8. The molecule has 2 unspecified atom stereocenters. The Morgan fingerprint density at radius 3 is 1.46 bits per heavy atom. The van der Waals surface area contributed by atoms with Gasteiger partial charge in [0.15, 0.2) is 0 Å². The van der Waals surface area contributed by atoms with E-state index in [4.69, 9.17) is 17.2 Å². The number of hydrogen-bond acceptors (Lipinski definition) is 0. The van der Waals surface area contributed by atoms with Crippen LogP contribution in [0.25, 0.3) is 12.2 Å². The van der Waals surface area contributed by atoms with Gasteiger partial charge < -0.3 is 0 Å². The molecule has 196 valence electrons. The molecule has 0 radical (unpaired) electrons. The van der Waals surface area contributed by atoms with Crippen LogP contribution in [0.4, 0.5) is 0 Å². The zero-order valence-electron chi connectivity index (χ0n) is 22.8. The summed E-state index contributed by atoms with van der Waals surface area (Å²) in [5.41, 5.74) is 5.78. The second-order valence-electron chi connectivity index (χ2n) is 12.6. The number of allylic oxidation sites excluding steroid dienone is 2. The summed E-state index contributed by atoms with van der Waals surface area (Å²) >= 11 is -5.21. The van der Waals surface area contributed by atoms with Crippen LogP contribution in [-0.2, 0) is 21.2 Å². The van der Waals surface area contributed by atoms with E-state index in [9.17, 15) is 0 Å². The van der Waals surface area contributed by atoms with Gasteiger partial charge in [-0.05, 0) is 0 Å². The Kier molecular flexibility index (Phi) is 6.61. The monoisotopic (exact) mass is 732 g/mol. The first-order chi connectivity index (χ1) is 17.8. The molecular formula is C32H42Cl2HfSi2. The second-order valence-corrected chi connectivity index (χ2v) is 55.8. The first kappa shape index (κ1) is 26.9. The Morgan fingerprint density at radius 2 is 1.14 bits per heavy atom. The van der Waals surface area contributed by atoms with Crippen molar-refractivity contribution in [1.82, 2.24) is 0 Å². The average molecular weight is 732 g/mol. The van der Waals surface area contributed by atoms with Gasteiger partial charge in [0.2, 0.25) is 0 Å². The van der Waals surface area contributed by atoms with Crippen LogP contribution >= 0.6 is 17.2 Å². The van der Waals surface area contributed by atoms with Crippen molar-refractivity contribution in [2.75, 3.05) is 0 Å². The first-order valence-corrected chi connectivity index (χ1v) is 34.6. The molecule has 5 heteroatoms. The number of halogens is 2. The van der Waals surface area contributed by atoms with Gasteiger partial charge in [-0.15, -0.1) is 0 Å². The molecule has 2 saturated heterocycles. The molecular weight excluding hydrogens is 690 g/mol. The van der Waals surface area contributed by atoms with Gasteiger partial charge in [0.1, 0.15) is 0 Å². The standard InChI is InChI=1S/2C15H19Si.C2H4.2ClH.Hf/c2*1-2-10-16(11-5-12-16)15-9-8-13-6-3-4-7-14(13)15;1-2;;;/h2*3-4,6-9H,2,5,10-12H2,1H3;1H,2H3;2*1H;/q;;;;;+2/p-2. The second kappa shape index (κ2) is 9.09. The van der Waals surface area contributed by atoms with Gasteiger partial charge in [-0.2, -0.15) is 0 Å². The topological polar surface area (TPSA) is 0 Å². The fraction of sp³-hybridized carbons (Fsp3) is 0.469. The molecule has 2 aromatic rings. The molecule has 0 bridgehead atoms.